The van der Waals surface area contributed by atoms with Crippen LogP contribution in [0, 0.1) is 4.91 Å². The van der Waals surface area contributed by atoms with Gasteiger partial charge in [0, 0.05) is 6.07 Å². The van der Waals surface area contributed by atoms with Crippen molar-refractivity contribution in [2.24, 2.45) is 5.84 Å². The Morgan fingerprint density at radius 1 is 1.60 bits per heavy atom. The Morgan fingerprint density at radius 2 is 2.30 bits per heavy atom. The van der Waals surface area contributed by atoms with E-state index in [4.69, 9.17) is 17.4 Å². The molecule has 2 N–H and O–H groups in total. The molecule has 0 bridgehead atoms. The largest absolute Gasteiger partial charge is 0.309 e. The highest BCUT2D eigenvalue weighted by atomic mass is 35.5. The van der Waals surface area contributed by atoms with E-state index in [2.05, 4.69) is 4.98 Å². The number of rotatable bonds is 1. The number of nitroso groups, excluding NO2 is 1. The molecule has 4 nitrogen and oxygen atoms in total. The second-order valence-electron chi connectivity index (χ2n) is 1.66. The molecule has 5 heteroatoms. The Bertz CT molecular complexity index is 246. The minimum absolute atomic E-state index is 0.226. The van der Waals surface area contributed by atoms with Crippen molar-refractivity contribution >= 4 is 17.3 Å². The van der Waals surface area contributed by atoms with Crippen molar-refractivity contribution in [3.8, 4) is 0 Å². The lowest BCUT2D eigenvalue weighted by Crippen LogP contribution is -2.08. The van der Waals surface area contributed by atoms with Gasteiger partial charge >= 0.3 is 5.69 Å². The standard InChI is InChI=1S/C5H5ClN3O/c6-5-2-1-4(3-8-5)9(7)10/h1-3H,(H2,7,10)/q+1. The summed E-state index contributed by atoms with van der Waals surface area (Å²) in [7, 11) is 0. The number of nitrogens with zero attached hydrogens (tertiary/aromatic N) is 2. The summed E-state index contributed by atoms with van der Waals surface area (Å²) < 4.78 is 0. The number of aromatic nitrogens is 1. The Morgan fingerprint density at radius 3 is 2.70 bits per heavy atom. The summed E-state index contributed by atoms with van der Waals surface area (Å²) in [6, 6.07) is 2.98. The number of halogens is 1. The van der Waals surface area contributed by atoms with Gasteiger partial charge < -0.3 is 0 Å². The zero-order valence-electron chi connectivity index (χ0n) is 4.99. The van der Waals surface area contributed by atoms with Gasteiger partial charge in [0.2, 0.25) is 0 Å². The van der Waals surface area contributed by atoms with Gasteiger partial charge in [-0.3, -0.25) is 0 Å². The Kier molecular flexibility index (Phi) is 1.82. The lowest BCUT2D eigenvalue weighted by molar-refractivity contribution is -0.475. The summed E-state index contributed by atoms with van der Waals surface area (Å²) in [6.07, 6.45) is 1.30. The van der Waals surface area contributed by atoms with Gasteiger partial charge in [-0.25, -0.2) is 4.98 Å². The zero-order chi connectivity index (χ0) is 7.56. The van der Waals surface area contributed by atoms with Crippen LogP contribution in [-0.4, -0.2) is 9.85 Å². The van der Waals surface area contributed by atoms with Crippen LogP contribution in [0.1, 0.15) is 0 Å². The number of pyridine rings is 1. The third kappa shape index (κ3) is 1.41. The molecule has 1 rings (SSSR count). The molecule has 0 atom stereocenters. The summed E-state index contributed by atoms with van der Waals surface area (Å²) >= 11 is 5.44. The Balaban J connectivity index is 3.00. The van der Waals surface area contributed by atoms with Gasteiger partial charge in [-0.1, -0.05) is 11.6 Å². The Labute approximate surface area is 62.2 Å². The second kappa shape index (κ2) is 2.62. The molecular formula is C5H5ClN3O+. The van der Waals surface area contributed by atoms with Crippen LogP contribution in [0.5, 0.6) is 0 Å². The third-order valence-corrected chi connectivity index (χ3v) is 1.19. The molecule has 0 fully saturated rings. The predicted octanol–water partition coefficient (Wildman–Crippen LogP) is 1.02. The van der Waals surface area contributed by atoms with Crippen LogP contribution < -0.4 is 5.84 Å². The fourth-order valence-corrected chi connectivity index (χ4v) is 0.610. The molecule has 0 spiro atoms. The molecule has 0 saturated heterocycles. The van der Waals surface area contributed by atoms with Crippen molar-refractivity contribution in [1.29, 1.82) is 0 Å². The number of hydrogen-bond acceptors (Lipinski definition) is 2. The van der Waals surface area contributed by atoms with Crippen molar-refractivity contribution in [1.82, 2.24) is 4.98 Å². The van der Waals surface area contributed by atoms with Crippen LogP contribution >= 0.6 is 11.6 Å². The fourth-order valence-electron chi connectivity index (χ4n) is 0.498. The molecule has 1 aromatic rings. The highest BCUT2D eigenvalue weighted by molar-refractivity contribution is 6.29. The van der Waals surface area contributed by atoms with E-state index >= 15 is 0 Å². The van der Waals surface area contributed by atoms with E-state index in [9.17, 15) is 4.91 Å². The monoisotopic (exact) mass is 158 g/mol. The first-order valence-electron chi connectivity index (χ1n) is 2.53. The molecule has 0 aliphatic carbocycles. The summed E-state index contributed by atoms with van der Waals surface area (Å²) in [5, 5.41) is 0.339. The minimum Gasteiger partial charge on any atom is -0.237 e. The third-order valence-electron chi connectivity index (χ3n) is 0.966. The Hall–Kier alpha value is -1.16. The van der Waals surface area contributed by atoms with E-state index in [-0.39, 0.29) is 10.6 Å². The highest BCUT2D eigenvalue weighted by Gasteiger charge is 2.06. The van der Waals surface area contributed by atoms with Crippen LogP contribution in [0.15, 0.2) is 18.3 Å². The first kappa shape index (κ1) is 6.95. The minimum atomic E-state index is 0.226. The van der Waals surface area contributed by atoms with Gasteiger partial charge in [-0.15, -0.1) is 0 Å². The molecule has 0 radical (unpaired) electrons. The molecule has 10 heavy (non-hydrogen) atoms. The van der Waals surface area contributed by atoms with Crippen LogP contribution in [0.3, 0.4) is 0 Å². The van der Waals surface area contributed by atoms with E-state index in [1.807, 2.05) is 0 Å². The van der Waals surface area contributed by atoms with Crippen LogP contribution in [0.25, 0.3) is 0 Å². The molecule has 52 valence electrons. The smallest absolute Gasteiger partial charge is 0.237 e. The van der Waals surface area contributed by atoms with Gasteiger partial charge in [0.05, 0.1) is 4.91 Å². The van der Waals surface area contributed by atoms with Gasteiger partial charge in [0.25, 0.3) is 0 Å². The van der Waals surface area contributed by atoms with E-state index in [1.165, 1.54) is 18.3 Å². The van der Waals surface area contributed by atoms with E-state index < -0.39 is 0 Å². The number of hydrogen-bond donors (Lipinski definition) is 1. The van der Waals surface area contributed by atoms with Crippen LogP contribution in [0.4, 0.5) is 5.69 Å². The molecule has 0 aromatic carbocycles. The molecule has 0 aliphatic rings. The fraction of sp³-hybridized carbons (Fsp3) is 0. The zero-order valence-corrected chi connectivity index (χ0v) is 5.75. The predicted molar refractivity (Wildman–Crippen MR) is 36.7 cm³/mol. The van der Waals surface area contributed by atoms with Crippen LogP contribution in [0.2, 0.25) is 5.15 Å². The van der Waals surface area contributed by atoms with Crippen molar-refractivity contribution in [3.05, 3.63) is 28.4 Å². The number of nitrogens with two attached hydrogens (primary N) is 1. The van der Waals surface area contributed by atoms with E-state index in [0.29, 0.717) is 5.15 Å². The van der Waals surface area contributed by atoms with E-state index in [1.54, 1.807) is 0 Å². The number of hydrazine groups is 1. The van der Waals surface area contributed by atoms with Crippen molar-refractivity contribution in [3.63, 3.8) is 0 Å². The van der Waals surface area contributed by atoms with Crippen molar-refractivity contribution in [2.45, 2.75) is 0 Å². The lowest BCUT2D eigenvalue weighted by Gasteiger charge is -1.84. The van der Waals surface area contributed by atoms with Crippen LogP contribution in [-0.2, 0) is 0 Å². The van der Waals surface area contributed by atoms with Gasteiger partial charge in [0.15, 0.2) is 4.87 Å². The maximum absolute atomic E-state index is 10.4. The van der Waals surface area contributed by atoms with E-state index in [0.717, 1.165) is 0 Å². The maximum atomic E-state index is 10.4. The molecule has 1 heterocycles. The SMILES string of the molecule is N[N+](=O)c1ccc(Cl)nc1. The second-order valence-corrected chi connectivity index (χ2v) is 2.05. The average Bonchev–Trinajstić information content (AvgIpc) is 1.88. The maximum Gasteiger partial charge on any atom is 0.309 e. The lowest BCUT2D eigenvalue weighted by atomic mass is 10.4. The normalized spacial score (nSPS) is 9.30. The van der Waals surface area contributed by atoms with Crippen molar-refractivity contribution < 1.29 is 4.87 Å². The molecule has 0 aliphatic heterocycles. The molecular weight excluding hydrogens is 154 g/mol. The summed E-state index contributed by atoms with van der Waals surface area (Å²) in [5.74, 6) is 4.86. The highest BCUT2D eigenvalue weighted by Crippen LogP contribution is 2.09. The van der Waals surface area contributed by atoms with Crippen molar-refractivity contribution in [2.75, 3.05) is 0 Å². The molecule has 0 amide bonds. The molecule has 0 unspecified atom stereocenters. The summed E-state index contributed by atoms with van der Waals surface area (Å²) in [6.45, 7) is 0. The average molecular weight is 159 g/mol. The topological polar surface area (TPSA) is 59.0 Å². The van der Waals surface area contributed by atoms with Gasteiger partial charge in [-0.2, -0.15) is 5.84 Å². The van der Waals surface area contributed by atoms with Gasteiger partial charge in [-0.05, 0) is 6.07 Å². The molecule has 0 saturated carbocycles. The van der Waals surface area contributed by atoms with Gasteiger partial charge in [0.1, 0.15) is 11.3 Å². The molecule has 1 aromatic heterocycles. The first-order valence-corrected chi connectivity index (χ1v) is 2.91. The quantitative estimate of drug-likeness (QED) is 0.287. The summed E-state index contributed by atoms with van der Waals surface area (Å²) in [5.41, 5.74) is 0.282. The summed E-state index contributed by atoms with van der Waals surface area (Å²) in [4.78, 5) is 14.2. The first-order chi connectivity index (χ1) is 4.70.